The van der Waals surface area contributed by atoms with Crippen molar-refractivity contribution in [1.82, 2.24) is 4.31 Å². The summed E-state index contributed by atoms with van der Waals surface area (Å²) in [6.07, 6.45) is 0. The van der Waals surface area contributed by atoms with Crippen molar-refractivity contribution in [2.24, 2.45) is 0 Å². The zero-order valence-electron chi connectivity index (χ0n) is 13.3. The summed E-state index contributed by atoms with van der Waals surface area (Å²) in [5, 5.41) is 10.9. The maximum atomic E-state index is 13.0. The minimum Gasteiger partial charge on any atom is -0.465 e. The number of carbonyl (C=O) groups is 1. The van der Waals surface area contributed by atoms with E-state index in [9.17, 15) is 23.3 Å². The molecule has 1 fully saturated rings. The molecule has 1 aliphatic rings. The van der Waals surface area contributed by atoms with E-state index in [4.69, 9.17) is 4.74 Å². The summed E-state index contributed by atoms with van der Waals surface area (Å²) in [4.78, 5) is 22.2. The van der Waals surface area contributed by atoms with E-state index in [0.29, 0.717) is 17.1 Å². The standard InChI is InChI=1S/C14H18N2O6S2/c1-3-22-14(17)12-9-23-7-6-15(12)24(20,21)13-8-11(16(18)19)5-4-10(13)2/h4-5,8,12H,3,6-7,9H2,1-2H3/t12-/m0/s1. The van der Waals surface area contributed by atoms with Crippen LogP contribution in [0, 0.1) is 17.0 Å². The Morgan fingerprint density at radius 2 is 2.21 bits per heavy atom. The first kappa shape index (κ1) is 18.7. The predicted molar refractivity (Wildman–Crippen MR) is 89.5 cm³/mol. The molecule has 0 spiro atoms. The number of nitrogens with zero attached hydrogens (tertiary/aromatic N) is 2. The minimum atomic E-state index is -4.05. The molecule has 0 radical (unpaired) electrons. The van der Waals surface area contributed by atoms with Gasteiger partial charge < -0.3 is 4.74 Å². The van der Waals surface area contributed by atoms with Crippen LogP contribution in [0.25, 0.3) is 0 Å². The monoisotopic (exact) mass is 374 g/mol. The number of non-ortho nitro benzene ring substituents is 1. The second kappa shape index (κ2) is 7.49. The first-order valence-corrected chi connectivity index (χ1v) is 9.89. The van der Waals surface area contributed by atoms with Gasteiger partial charge in [-0.25, -0.2) is 8.42 Å². The number of nitro groups is 1. The number of hydrogen-bond donors (Lipinski definition) is 0. The molecule has 0 N–H and O–H groups in total. The molecule has 1 saturated heterocycles. The number of benzene rings is 1. The zero-order chi connectivity index (χ0) is 17.9. The van der Waals surface area contributed by atoms with E-state index in [1.54, 1.807) is 13.8 Å². The normalized spacial score (nSPS) is 19.0. The highest BCUT2D eigenvalue weighted by molar-refractivity contribution is 7.99. The number of ether oxygens (including phenoxy) is 1. The highest BCUT2D eigenvalue weighted by atomic mass is 32.2. The SMILES string of the molecule is CCOC(=O)[C@@H]1CSCCN1S(=O)(=O)c1cc([N+](=O)[O-])ccc1C. The third-order valence-electron chi connectivity index (χ3n) is 3.61. The molecule has 1 heterocycles. The van der Waals surface area contributed by atoms with Gasteiger partial charge in [-0.3, -0.25) is 14.9 Å². The maximum Gasteiger partial charge on any atom is 0.325 e. The molecule has 10 heteroatoms. The second-order valence-corrected chi connectivity index (χ2v) is 8.17. The number of aryl methyl sites for hydroxylation is 1. The topological polar surface area (TPSA) is 107 Å². The van der Waals surface area contributed by atoms with E-state index >= 15 is 0 Å². The van der Waals surface area contributed by atoms with Gasteiger partial charge in [0, 0.05) is 30.2 Å². The van der Waals surface area contributed by atoms with Crippen LogP contribution in [-0.4, -0.2) is 54.3 Å². The molecule has 2 rings (SSSR count). The van der Waals surface area contributed by atoms with E-state index in [1.165, 1.54) is 23.9 Å². The lowest BCUT2D eigenvalue weighted by atomic mass is 10.2. The molecule has 1 aromatic rings. The highest BCUT2D eigenvalue weighted by Gasteiger charge is 2.39. The van der Waals surface area contributed by atoms with Crippen molar-refractivity contribution < 1.29 is 22.9 Å². The average Bonchev–Trinajstić information content (AvgIpc) is 2.55. The molecule has 8 nitrogen and oxygen atoms in total. The molecule has 0 saturated carbocycles. The molecule has 1 atom stereocenters. The van der Waals surface area contributed by atoms with Crippen LogP contribution < -0.4 is 0 Å². The van der Waals surface area contributed by atoms with E-state index in [0.717, 1.165) is 10.4 Å². The lowest BCUT2D eigenvalue weighted by Gasteiger charge is -2.32. The maximum absolute atomic E-state index is 13.0. The third-order valence-corrected chi connectivity index (χ3v) is 6.68. The number of sulfonamides is 1. The summed E-state index contributed by atoms with van der Waals surface area (Å²) in [5.41, 5.74) is 0.0830. The number of carbonyl (C=O) groups excluding carboxylic acids is 1. The van der Waals surface area contributed by atoms with Crippen molar-refractivity contribution in [3.63, 3.8) is 0 Å². The quantitative estimate of drug-likeness (QED) is 0.437. The van der Waals surface area contributed by atoms with E-state index in [-0.39, 0.29) is 23.7 Å². The Kier molecular flexibility index (Phi) is 5.83. The molecule has 0 unspecified atom stereocenters. The Bertz CT molecular complexity index is 750. The molecule has 132 valence electrons. The molecule has 1 aromatic carbocycles. The summed E-state index contributed by atoms with van der Waals surface area (Å²) >= 11 is 1.47. The number of hydrogen-bond acceptors (Lipinski definition) is 7. The Hall–Kier alpha value is -1.65. The lowest BCUT2D eigenvalue weighted by molar-refractivity contribution is -0.385. The number of rotatable bonds is 5. The van der Waals surface area contributed by atoms with Crippen molar-refractivity contribution in [3.8, 4) is 0 Å². The van der Waals surface area contributed by atoms with Crippen molar-refractivity contribution in [2.75, 3.05) is 24.7 Å². The van der Waals surface area contributed by atoms with Gasteiger partial charge in [0.05, 0.1) is 16.4 Å². The van der Waals surface area contributed by atoms with Gasteiger partial charge in [-0.15, -0.1) is 0 Å². The van der Waals surface area contributed by atoms with Gasteiger partial charge in [-0.2, -0.15) is 16.1 Å². The molecule has 0 amide bonds. The van der Waals surface area contributed by atoms with Gasteiger partial charge in [0.2, 0.25) is 10.0 Å². The van der Waals surface area contributed by atoms with Crippen LogP contribution >= 0.6 is 11.8 Å². The molecular weight excluding hydrogens is 356 g/mol. The van der Waals surface area contributed by atoms with Gasteiger partial charge in [0.1, 0.15) is 6.04 Å². The molecule has 0 aliphatic carbocycles. The Morgan fingerprint density at radius 1 is 1.50 bits per heavy atom. The van der Waals surface area contributed by atoms with E-state index < -0.39 is 27.0 Å². The molecular formula is C14H18N2O6S2. The Balaban J connectivity index is 2.46. The van der Waals surface area contributed by atoms with Crippen LogP contribution in [0.3, 0.4) is 0 Å². The van der Waals surface area contributed by atoms with Crippen LogP contribution in [0.15, 0.2) is 23.1 Å². The van der Waals surface area contributed by atoms with Gasteiger partial charge in [0.15, 0.2) is 0 Å². The lowest BCUT2D eigenvalue weighted by Crippen LogP contribution is -2.50. The predicted octanol–water partition coefficient (Wildman–Crippen LogP) is 1.57. The molecule has 24 heavy (non-hydrogen) atoms. The zero-order valence-corrected chi connectivity index (χ0v) is 14.9. The smallest absolute Gasteiger partial charge is 0.325 e. The molecule has 1 aliphatic heterocycles. The summed E-state index contributed by atoms with van der Waals surface area (Å²) < 4.78 is 32.0. The minimum absolute atomic E-state index is 0.151. The van der Waals surface area contributed by atoms with Crippen LogP contribution in [-0.2, 0) is 19.6 Å². The Morgan fingerprint density at radius 3 is 2.83 bits per heavy atom. The Labute approximate surface area is 144 Å². The summed E-state index contributed by atoms with van der Waals surface area (Å²) in [6.45, 7) is 3.52. The second-order valence-electron chi connectivity index (χ2n) is 5.17. The first-order valence-electron chi connectivity index (χ1n) is 7.30. The third kappa shape index (κ3) is 3.70. The summed E-state index contributed by atoms with van der Waals surface area (Å²) in [7, 11) is -4.05. The number of esters is 1. The van der Waals surface area contributed by atoms with Crippen molar-refractivity contribution in [1.29, 1.82) is 0 Å². The largest absolute Gasteiger partial charge is 0.465 e. The van der Waals surface area contributed by atoms with Crippen LogP contribution in [0.1, 0.15) is 12.5 Å². The summed E-state index contributed by atoms with van der Waals surface area (Å²) in [6, 6.07) is 2.76. The van der Waals surface area contributed by atoms with E-state index in [2.05, 4.69) is 0 Å². The summed E-state index contributed by atoms with van der Waals surface area (Å²) in [5.74, 6) is 0.242. The van der Waals surface area contributed by atoms with Crippen LogP contribution in [0.2, 0.25) is 0 Å². The first-order chi connectivity index (χ1) is 11.3. The average molecular weight is 374 g/mol. The van der Waals surface area contributed by atoms with Crippen molar-refractivity contribution in [3.05, 3.63) is 33.9 Å². The number of thioether (sulfide) groups is 1. The molecule has 0 bridgehead atoms. The van der Waals surface area contributed by atoms with Crippen LogP contribution in [0.5, 0.6) is 0 Å². The fraction of sp³-hybridized carbons (Fsp3) is 0.500. The van der Waals surface area contributed by atoms with Crippen LogP contribution in [0.4, 0.5) is 5.69 Å². The molecule has 0 aromatic heterocycles. The highest BCUT2D eigenvalue weighted by Crippen LogP contribution is 2.29. The fourth-order valence-electron chi connectivity index (χ4n) is 2.41. The van der Waals surface area contributed by atoms with Crippen molar-refractivity contribution >= 4 is 33.4 Å². The number of nitro benzene ring substituents is 1. The van der Waals surface area contributed by atoms with Gasteiger partial charge in [0.25, 0.3) is 5.69 Å². The van der Waals surface area contributed by atoms with Crippen molar-refractivity contribution in [2.45, 2.75) is 24.8 Å². The fourth-order valence-corrected chi connectivity index (χ4v) is 5.47. The van der Waals surface area contributed by atoms with Gasteiger partial charge in [-0.1, -0.05) is 6.07 Å². The van der Waals surface area contributed by atoms with Gasteiger partial charge >= 0.3 is 5.97 Å². The van der Waals surface area contributed by atoms with E-state index in [1.807, 2.05) is 0 Å². The van der Waals surface area contributed by atoms with Gasteiger partial charge in [-0.05, 0) is 19.4 Å².